The molecule has 0 aliphatic heterocycles. The van der Waals surface area contributed by atoms with E-state index in [4.69, 9.17) is 0 Å². The minimum Gasteiger partial charge on any atom is -0.267 e. The van der Waals surface area contributed by atoms with Gasteiger partial charge in [-0.25, -0.2) is 0 Å². The SMILES string of the molecule is CCS(=O)(=O)OC(C)C. The molecule has 56 valence electrons. The summed E-state index contributed by atoms with van der Waals surface area (Å²) >= 11 is 0. The highest BCUT2D eigenvalue weighted by atomic mass is 32.2. The lowest BCUT2D eigenvalue weighted by Crippen LogP contribution is -2.13. The zero-order valence-electron chi connectivity index (χ0n) is 5.92. The van der Waals surface area contributed by atoms with E-state index in [0.717, 1.165) is 0 Å². The second kappa shape index (κ2) is 3.17. The van der Waals surface area contributed by atoms with Crippen molar-refractivity contribution in [3.05, 3.63) is 0 Å². The van der Waals surface area contributed by atoms with E-state index in [2.05, 4.69) is 4.18 Å². The topological polar surface area (TPSA) is 43.4 Å². The largest absolute Gasteiger partial charge is 0.267 e. The van der Waals surface area contributed by atoms with Gasteiger partial charge in [0.1, 0.15) is 0 Å². The van der Waals surface area contributed by atoms with E-state index in [9.17, 15) is 8.42 Å². The smallest absolute Gasteiger partial charge is 0.267 e. The summed E-state index contributed by atoms with van der Waals surface area (Å²) in [5, 5.41) is 0. The Morgan fingerprint density at radius 2 is 1.89 bits per heavy atom. The van der Waals surface area contributed by atoms with Gasteiger partial charge in [0.25, 0.3) is 10.1 Å². The highest BCUT2D eigenvalue weighted by Gasteiger charge is 2.08. The van der Waals surface area contributed by atoms with E-state index in [1.54, 1.807) is 20.8 Å². The monoisotopic (exact) mass is 152 g/mol. The third-order valence-corrected chi connectivity index (χ3v) is 2.08. The molecule has 0 radical (unpaired) electrons. The summed E-state index contributed by atoms with van der Waals surface area (Å²) in [7, 11) is -3.22. The van der Waals surface area contributed by atoms with Crippen LogP contribution in [-0.4, -0.2) is 20.3 Å². The Bertz CT molecular complexity index is 157. The van der Waals surface area contributed by atoms with Gasteiger partial charge in [-0.2, -0.15) is 8.42 Å². The van der Waals surface area contributed by atoms with Crippen LogP contribution in [0.15, 0.2) is 0 Å². The third kappa shape index (κ3) is 4.42. The van der Waals surface area contributed by atoms with Crippen molar-refractivity contribution in [3.63, 3.8) is 0 Å². The van der Waals surface area contributed by atoms with Crippen molar-refractivity contribution < 1.29 is 12.6 Å². The van der Waals surface area contributed by atoms with Gasteiger partial charge < -0.3 is 0 Å². The first kappa shape index (κ1) is 8.91. The molecule has 0 N–H and O–H groups in total. The Morgan fingerprint density at radius 1 is 1.44 bits per heavy atom. The van der Waals surface area contributed by atoms with E-state index < -0.39 is 10.1 Å². The first-order valence-electron chi connectivity index (χ1n) is 2.89. The van der Waals surface area contributed by atoms with Gasteiger partial charge in [0.15, 0.2) is 0 Å². The predicted molar refractivity (Wildman–Crippen MR) is 35.7 cm³/mol. The van der Waals surface area contributed by atoms with Crippen molar-refractivity contribution in [3.8, 4) is 0 Å². The van der Waals surface area contributed by atoms with Gasteiger partial charge >= 0.3 is 0 Å². The first-order valence-corrected chi connectivity index (χ1v) is 4.46. The molecule has 0 aromatic heterocycles. The van der Waals surface area contributed by atoms with Crippen LogP contribution in [-0.2, 0) is 14.3 Å². The summed E-state index contributed by atoms with van der Waals surface area (Å²) in [6.07, 6.45) is -0.241. The number of hydrogen-bond acceptors (Lipinski definition) is 3. The Hall–Kier alpha value is -0.0900. The summed E-state index contributed by atoms with van der Waals surface area (Å²) in [5.41, 5.74) is 0. The summed E-state index contributed by atoms with van der Waals surface area (Å²) in [6.45, 7) is 4.93. The minimum atomic E-state index is -3.22. The molecule has 0 rings (SSSR count). The van der Waals surface area contributed by atoms with Gasteiger partial charge in [0.2, 0.25) is 0 Å². The van der Waals surface area contributed by atoms with Crippen LogP contribution < -0.4 is 0 Å². The lowest BCUT2D eigenvalue weighted by molar-refractivity contribution is 0.249. The van der Waals surface area contributed by atoms with Crippen molar-refractivity contribution in [1.29, 1.82) is 0 Å². The fourth-order valence-corrected chi connectivity index (χ4v) is 1.08. The molecule has 0 atom stereocenters. The molecule has 9 heavy (non-hydrogen) atoms. The molecule has 0 saturated carbocycles. The Kier molecular flexibility index (Phi) is 3.14. The van der Waals surface area contributed by atoms with E-state index in [-0.39, 0.29) is 11.9 Å². The van der Waals surface area contributed by atoms with Crippen LogP contribution in [0.3, 0.4) is 0 Å². The molecule has 0 spiro atoms. The highest BCUT2D eigenvalue weighted by molar-refractivity contribution is 7.86. The first-order chi connectivity index (χ1) is 3.98. The molecule has 0 aliphatic carbocycles. The van der Waals surface area contributed by atoms with Gasteiger partial charge in [-0.3, -0.25) is 4.18 Å². The maximum Gasteiger partial charge on any atom is 0.267 e. The zero-order chi connectivity index (χ0) is 7.49. The molecule has 0 amide bonds. The summed E-state index contributed by atoms with van der Waals surface area (Å²) in [4.78, 5) is 0. The van der Waals surface area contributed by atoms with Crippen LogP contribution in [0.2, 0.25) is 0 Å². The van der Waals surface area contributed by atoms with Gasteiger partial charge in [-0.05, 0) is 20.8 Å². The van der Waals surface area contributed by atoms with Gasteiger partial charge in [0.05, 0.1) is 11.9 Å². The predicted octanol–water partition coefficient (Wildman–Crippen LogP) is 0.761. The number of rotatable bonds is 3. The van der Waals surface area contributed by atoms with Crippen molar-refractivity contribution in [2.75, 3.05) is 5.75 Å². The van der Waals surface area contributed by atoms with E-state index in [1.165, 1.54) is 0 Å². The Balaban J connectivity index is 3.90. The molecule has 0 bridgehead atoms. The van der Waals surface area contributed by atoms with Gasteiger partial charge in [0, 0.05) is 0 Å². The molecule has 0 aliphatic rings. The van der Waals surface area contributed by atoms with Crippen molar-refractivity contribution in [1.82, 2.24) is 0 Å². The van der Waals surface area contributed by atoms with Gasteiger partial charge in [-0.1, -0.05) is 0 Å². The average molecular weight is 152 g/mol. The van der Waals surface area contributed by atoms with E-state index in [0.29, 0.717) is 0 Å². The maximum atomic E-state index is 10.6. The van der Waals surface area contributed by atoms with Crippen LogP contribution >= 0.6 is 0 Å². The second-order valence-electron chi connectivity index (χ2n) is 1.99. The zero-order valence-corrected chi connectivity index (χ0v) is 6.73. The molecular formula is C5H12O3S. The number of hydrogen-bond donors (Lipinski definition) is 0. The van der Waals surface area contributed by atoms with Crippen LogP contribution in [0.25, 0.3) is 0 Å². The molecule has 0 unspecified atom stereocenters. The molecule has 4 heteroatoms. The molecule has 3 nitrogen and oxygen atoms in total. The fraction of sp³-hybridized carbons (Fsp3) is 1.00. The summed E-state index contributed by atoms with van der Waals surface area (Å²) < 4.78 is 25.7. The highest BCUT2D eigenvalue weighted by Crippen LogP contribution is 1.97. The minimum absolute atomic E-state index is 0.0468. The standard InChI is InChI=1S/C5H12O3S/c1-4-9(6,7)8-5(2)3/h5H,4H2,1-3H3. The Morgan fingerprint density at radius 3 is 2.00 bits per heavy atom. The summed E-state index contributed by atoms with van der Waals surface area (Å²) in [5.74, 6) is 0.0468. The van der Waals surface area contributed by atoms with Crippen molar-refractivity contribution >= 4 is 10.1 Å². The molecule has 0 aromatic carbocycles. The van der Waals surface area contributed by atoms with E-state index in [1.807, 2.05) is 0 Å². The quantitative estimate of drug-likeness (QED) is 0.561. The van der Waals surface area contributed by atoms with E-state index >= 15 is 0 Å². The molecular weight excluding hydrogens is 140 g/mol. The lowest BCUT2D eigenvalue weighted by atomic mass is 10.5. The van der Waals surface area contributed by atoms with Crippen LogP contribution in [0, 0.1) is 0 Å². The van der Waals surface area contributed by atoms with Crippen LogP contribution in [0.1, 0.15) is 20.8 Å². The lowest BCUT2D eigenvalue weighted by Gasteiger charge is -2.04. The molecule has 0 heterocycles. The Labute approximate surface area is 56.1 Å². The molecule has 0 saturated heterocycles. The third-order valence-electron chi connectivity index (χ3n) is 0.693. The normalized spacial score (nSPS) is 12.4. The second-order valence-corrected chi connectivity index (χ2v) is 3.88. The van der Waals surface area contributed by atoms with Crippen molar-refractivity contribution in [2.45, 2.75) is 26.9 Å². The molecule has 0 aromatic rings. The maximum absolute atomic E-state index is 10.6. The van der Waals surface area contributed by atoms with Crippen molar-refractivity contribution in [2.24, 2.45) is 0 Å². The van der Waals surface area contributed by atoms with Crippen LogP contribution in [0.4, 0.5) is 0 Å². The van der Waals surface area contributed by atoms with Crippen LogP contribution in [0.5, 0.6) is 0 Å². The fourth-order valence-electron chi connectivity index (χ4n) is 0.361. The molecule has 0 fully saturated rings. The average Bonchev–Trinajstić information content (AvgIpc) is 1.63. The van der Waals surface area contributed by atoms with Gasteiger partial charge in [-0.15, -0.1) is 0 Å². The summed E-state index contributed by atoms with van der Waals surface area (Å²) in [6, 6.07) is 0.